The van der Waals surface area contributed by atoms with E-state index < -0.39 is 5.97 Å². The lowest BCUT2D eigenvalue weighted by Crippen LogP contribution is -2.39. The largest absolute Gasteiger partial charge is 0.618 e. The van der Waals surface area contributed by atoms with Crippen molar-refractivity contribution in [1.29, 1.82) is 0 Å². The second kappa shape index (κ2) is 8.86. The number of esters is 2. The van der Waals surface area contributed by atoms with E-state index in [0.717, 1.165) is 32.1 Å². The molecule has 1 aliphatic carbocycles. The van der Waals surface area contributed by atoms with Crippen molar-refractivity contribution in [3.63, 3.8) is 0 Å². The number of hydrogen-bond acceptors (Lipinski definition) is 7. The summed E-state index contributed by atoms with van der Waals surface area (Å²) in [6.45, 7) is 1.50. The fourth-order valence-corrected chi connectivity index (χ4v) is 3.42. The third-order valence-corrected chi connectivity index (χ3v) is 4.89. The second-order valence-corrected chi connectivity index (χ2v) is 6.72. The zero-order valence-electron chi connectivity index (χ0n) is 16.1. The van der Waals surface area contributed by atoms with E-state index in [1.54, 1.807) is 19.1 Å². The number of methoxy groups -OCH3 is 1. The van der Waals surface area contributed by atoms with Crippen molar-refractivity contribution in [3.05, 3.63) is 34.8 Å². The summed E-state index contributed by atoms with van der Waals surface area (Å²) in [6.07, 6.45) is 4.74. The van der Waals surface area contributed by atoms with Gasteiger partial charge in [0.25, 0.3) is 0 Å². The van der Waals surface area contributed by atoms with Crippen molar-refractivity contribution in [2.75, 3.05) is 13.7 Å². The molecular weight excluding hydrogens is 364 g/mol. The van der Waals surface area contributed by atoms with Crippen LogP contribution in [-0.2, 0) is 20.9 Å². The summed E-state index contributed by atoms with van der Waals surface area (Å²) in [5.74, 6) is -0.795. The van der Waals surface area contributed by atoms with E-state index in [9.17, 15) is 14.8 Å². The highest BCUT2D eigenvalue weighted by Crippen LogP contribution is 2.25. The van der Waals surface area contributed by atoms with Crippen LogP contribution in [0.25, 0.3) is 11.0 Å². The quantitative estimate of drug-likeness (QED) is 0.426. The lowest BCUT2D eigenvalue weighted by Gasteiger charge is -2.20. The zero-order valence-corrected chi connectivity index (χ0v) is 16.1. The van der Waals surface area contributed by atoms with Crippen LogP contribution in [0.4, 0.5) is 0 Å². The van der Waals surface area contributed by atoms with Gasteiger partial charge in [-0.05, 0) is 31.9 Å². The lowest BCUT2D eigenvalue weighted by atomic mass is 9.89. The fraction of sp³-hybridized carbons (Fsp3) is 0.500. The Hall–Kier alpha value is -2.90. The van der Waals surface area contributed by atoms with Gasteiger partial charge in [-0.25, -0.2) is 9.78 Å². The standard InChI is InChI=1S/C20H24N2O6/c1-3-27-20(24)18-16(12-28-19(23)13-7-5-4-6-8-13)21-15-10-9-14(26-2)11-17(15)22(18)25/h9-11,13H,3-8,12H2,1-2H3. The summed E-state index contributed by atoms with van der Waals surface area (Å²) in [4.78, 5) is 29.1. The molecule has 0 bridgehead atoms. The number of carbonyl (C=O) groups is 2. The minimum Gasteiger partial charge on any atom is -0.618 e. The molecule has 0 unspecified atom stereocenters. The van der Waals surface area contributed by atoms with Gasteiger partial charge in [0.1, 0.15) is 17.9 Å². The van der Waals surface area contributed by atoms with Gasteiger partial charge in [-0.3, -0.25) is 4.79 Å². The van der Waals surface area contributed by atoms with Crippen LogP contribution in [0.15, 0.2) is 18.2 Å². The number of benzene rings is 1. The smallest absolute Gasteiger partial charge is 0.407 e. The molecule has 0 N–H and O–H groups in total. The van der Waals surface area contributed by atoms with E-state index in [1.807, 2.05) is 0 Å². The van der Waals surface area contributed by atoms with Crippen LogP contribution in [0.2, 0.25) is 0 Å². The fourth-order valence-electron chi connectivity index (χ4n) is 3.42. The number of rotatable bonds is 6. The van der Waals surface area contributed by atoms with Gasteiger partial charge in [0.15, 0.2) is 5.69 Å². The summed E-state index contributed by atoms with van der Waals surface area (Å²) >= 11 is 0. The Morgan fingerprint density at radius 2 is 1.96 bits per heavy atom. The van der Waals surface area contributed by atoms with Crippen LogP contribution >= 0.6 is 0 Å². The van der Waals surface area contributed by atoms with Crippen molar-refractivity contribution in [2.45, 2.75) is 45.6 Å². The third-order valence-electron chi connectivity index (χ3n) is 4.89. The summed E-state index contributed by atoms with van der Waals surface area (Å²) < 4.78 is 16.0. The zero-order chi connectivity index (χ0) is 20.1. The highest BCUT2D eigenvalue weighted by molar-refractivity contribution is 5.88. The second-order valence-electron chi connectivity index (χ2n) is 6.72. The minimum atomic E-state index is -0.807. The number of ether oxygens (including phenoxy) is 3. The number of fused-ring (bicyclic) bond motifs is 1. The first kappa shape index (κ1) is 19.9. The molecule has 1 aromatic heterocycles. The molecule has 0 atom stereocenters. The molecule has 1 heterocycles. The van der Waals surface area contributed by atoms with Crippen LogP contribution in [0.5, 0.6) is 5.75 Å². The van der Waals surface area contributed by atoms with Crippen molar-refractivity contribution in [3.8, 4) is 5.75 Å². The van der Waals surface area contributed by atoms with Crippen molar-refractivity contribution in [1.82, 2.24) is 4.98 Å². The van der Waals surface area contributed by atoms with Crippen LogP contribution in [0, 0.1) is 11.1 Å². The molecule has 0 saturated heterocycles. The molecule has 8 nitrogen and oxygen atoms in total. The molecule has 28 heavy (non-hydrogen) atoms. The molecule has 0 spiro atoms. The van der Waals surface area contributed by atoms with Gasteiger partial charge in [0, 0.05) is 0 Å². The van der Waals surface area contributed by atoms with E-state index in [2.05, 4.69) is 4.98 Å². The minimum absolute atomic E-state index is 0.0790. The number of carbonyl (C=O) groups excluding carboxylic acids is 2. The number of aromatic nitrogens is 2. The summed E-state index contributed by atoms with van der Waals surface area (Å²) in [5.41, 5.74) is 0.339. The van der Waals surface area contributed by atoms with Gasteiger partial charge in [0.05, 0.1) is 25.7 Å². The normalized spacial score (nSPS) is 14.6. The summed E-state index contributed by atoms with van der Waals surface area (Å²) in [5, 5.41) is 12.9. The monoisotopic (exact) mass is 388 g/mol. The molecule has 1 saturated carbocycles. The van der Waals surface area contributed by atoms with Crippen LogP contribution in [-0.4, -0.2) is 30.6 Å². The van der Waals surface area contributed by atoms with E-state index in [1.165, 1.54) is 13.2 Å². The highest BCUT2D eigenvalue weighted by atomic mass is 16.5. The predicted octanol–water partition coefficient (Wildman–Crippen LogP) is 2.68. The van der Waals surface area contributed by atoms with Crippen LogP contribution in [0.3, 0.4) is 0 Å². The third kappa shape index (κ3) is 4.16. The first-order chi connectivity index (χ1) is 13.5. The van der Waals surface area contributed by atoms with Gasteiger partial charge in [-0.2, -0.15) is 4.73 Å². The Morgan fingerprint density at radius 3 is 2.64 bits per heavy atom. The van der Waals surface area contributed by atoms with Gasteiger partial charge in [-0.15, -0.1) is 0 Å². The Bertz CT molecular complexity index is 877. The number of hydrogen-bond donors (Lipinski definition) is 0. The molecule has 0 radical (unpaired) electrons. The number of nitrogens with zero attached hydrogens (tertiary/aromatic N) is 2. The Morgan fingerprint density at radius 1 is 1.21 bits per heavy atom. The molecule has 150 valence electrons. The topological polar surface area (TPSA) is 102 Å². The van der Waals surface area contributed by atoms with Crippen molar-refractivity contribution in [2.24, 2.45) is 5.92 Å². The predicted molar refractivity (Wildman–Crippen MR) is 99.6 cm³/mol. The molecule has 2 aromatic rings. The molecule has 0 amide bonds. The molecular formula is C20H24N2O6. The summed E-state index contributed by atoms with van der Waals surface area (Å²) in [6, 6.07) is 4.77. The molecule has 8 heteroatoms. The molecule has 1 fully saturated rings. The van der Waals surface area contributed by atoms with Gasteiger partial charge in [-0.1, -0.05) is 19.3 Å². The van der Waals surface area contributed by atoms with E-state index in [0.29, 0.717) is 16.0 Å². The van der Waals surface area contributed by atoms with Crippen LogP contribution in [0.1, 0.15) is 55.2 Å². The molecule has 1 aromatic carbocycles. The maximum absolute atomic E-state index is 12.9. The van der Waals surface area contributed by atoms with Crippen LogP contribution < -0.4 is 9.47 Å². The van der Waals surface area contributed by atoms with Gasteiger partial charge < -0.3 is 19.4 Å². The van der Waals surface area contributed by atoms with Gasteiger partial charge >= 0.3 is 17.6 Å². The lowest BCUT2D eigenvalue weighted by molar-refractivity contribution is -0.581. The molecule has 1 aliphatic rings. The SMILES string of the molecule is CCOC(=O)c1c(COC(=O)C2CCCCC2)nc2ccc(OC)cc2[n+]1[O-]. The van der Waals surface area contributed by atoms with E-state index in [4.69, 9.17) is 14.2 Å². The van der Waals surface area contributed by atoms with E-state index >= 15 is 0 Å². The maximum Gasteiger partial charge on any atom is 0.407 e. The first-order valence-electron chi connectivity index (χ1n) is 9.49. The maximum atomic E-state index is 12.9. The molecule has 0 aliphatic heterocycles. The summed E-state index contributed by atoms with van der Waals surface area (Å²) in [7, 11) is 1.48. The van der Waals surface area contributed by atoms with E-state index in [-0.39, 0.29) is 42.0 Å². The average molecular weight is 388 g/mol. The van der Waals surface area contributed by atoms with Crippen molar-refractivity contribution >= 4 is 23.0 Å². The Balaban J connectivity index is 1.93. The average Bonchev–Trinajstić information content (AvgIpc) is 2.72. The Labute approximate surface area is 163 Å². The Kier molecular flexibility index (Phi) is 6.28. The first-order valence-corrected chi connectivity index (χ1v) is 9.49. The van der Waals surface area contributed by atoms with Gasteiger partial charge in [0.2, 0.25) is 5.52 Å². The molecule has 3 rings (SSSR count). The van der Waals surface area contributed by atoms with Crippen molar-refractivity contribution < 1.29 is 28.5 Å². The highest BCUT2D eigenvalue weighted by Gasteiger charge is 2.30.